The molecule has 2 heterocycles. The zero-order valence-electron chi connectivity index (χ0n) is 31.4. The first kappa shape index (κ1) is 42.9. The summed E-state index contributed by atoms with van der Waals surface area (Å²) in [5.74, 6) is -1.69. The fourth-order valence-corrected chi connectivity index (χ4v) is 6.57. The van der Waals surface area contributed by atoms with E-state index in [0.717, 1.165) is 45.1 Å². The van der Waals surface area contributed by atoms with Crippen LogP contribution in [0.5, 0.6) is 0 Å². The van der Waals surface area contributed by atoms with Crippen LogP contribution in [0.15, 0.2) is 0 Å². The van der Waals surface area contributed by atoms with E-state index in [9.17, 15) is 28.8 Å². The number of nitrogens with zero attached hydrogens (tertiary/aromatic N) is 1. The molecule has 0 spiro atoms. The zero-order valence-corrected chi connectivity index (χ0v) is 31.4. The Kier molecular flexibility index (Phi) is 18.2. The number of likely N-dealkylation sites (tertiary alicyclic amines) is 1. The van der Waals surface area contributed by atoms with Gasteiger partial charge in [-0.25, -0.2) is 0 Å². The molecule has 14 nitrogen and oxygen atoms in total. The van der Waals surface area contributed by atoms with Gasteiger partial charge in [-0.2, -0.15) is 0 Å². The third kappa shape index (κ3) is 15.7. The maximum atomic E-state index is 13.0. The zero-order chi connectivity index (χ0) is 37.4. The minimum absolute atomic E-state index is 0.0839. The highest BCUT2D eigenvalue weighted by Gasteiger charge is 2.51. The van der Waals surface area contributed by atoms with E-state index in [-0.39, 0.29) is 36.9 Å². The minimum atomic E-state index is -1.19. The smallest absolute Gasteiger partial charge is 0.303 e. The Morgan fingerprint density at radius 2 is 1.50 bits per heavy atom. The highest BCUT2D eigenvalue weighted by Crippen LogP contribution is 2.34. The van der Waals surface area contributed by atoms with Crippen LogP contribution < -0.4 is 10.6 Å². The van der Waals surface area contributed by atoms with Crippen molar-refractivity contribution < 1.29 is 52.5 Å². The van der Waals surface area contributed by atoms with Gasteiger partial charge in [0.2, 0.25) is 17.7 Å². The Morgan fingerprint density at radius 3 is 2.10 bits per heavy atom. The molecule has 5 unspecified atom stereocenters. The molecule has 0 saturated carbocycles. The van der Waals surface area contributed by atoms with Gasteiger partial charge in [0.15, 0.2) is 18.5 Å². The molecule has 3 amide bonds. The van der Waals surface area contributed by atoms with Crippen molar-refractivity contribution in [2.24, 2.45) is 11.3 Å². The normalized spacial score (nSPS) is 25.0. The van der Waals surface area contributed by atoms with E-state index >= 15 is 0 Å². The number of hydrogen-bond acceptors (Lipinski definition) is 11. The third-order valence-corrected chi connectivity index (χ3v) is 8.79. The molecule has 0 aromatic heterocycles. The Hall–Kier alpha value is -3.26. The van der Waals surface area contributed by atoms with Gasteiger partial charge in [-0.3, -0.25) is 28.8 Å². The van der Waals surface area contributed by atoms with Crippen molar-refractivity contribution >= 4 is 35.6 Å². The van der Waals surface area contributed by atoms with Crippen molar-refractivity contribution in [1.29, 1.82) is 0 Å². The number of amides is 3. The summed E-state index contributed by atoms with van der Waals surface area (Å²) in [6.07, 6.45) is 2.90. The first-order valence-corrected chi connectivity index (χ1v) is 18.1. The summed E-state index contributed by atoms with van der Waals surface area (Å²) in [6, 6.07) is -0.714. The number of hydrogen-bond donors (Lipinski definition) is 2. The van der Waals surface area contributed by atoms with Gasteiger partial charge >= 0.3 is 17.9 Å². The fraction of sp³-hybridized carbons (Fsp3) is 0.833. The summed E-state index contributed by atoms with van der Waals surface area (Å²) < 4.78 is 27.9. The van der Waals surface area contributed by atoms with Crippen molar-refractivity contribution in [1.82, 2.24) is 15.5 Å². The van der Waals surface area contributed by atoms with Gasteiger partial charge in [0.25, 0.3) is 0 Å². The average molecular weight is 712 g/mol. The second kappa shape index (κ2) is 21.2. The van der Waals surface area contributed by atoms with Crippen LogP contribution in [0.1, 0.15) is 120 Å². The van der Waals surface area contributed by atoms with Crippen molar-refractivity contribution in [2.45, 2.75) is 156 Å². The lowest BCUT2D eigenvalue weighted by Gasteiger charge is -2.44. The standard InChI is InChI=1S/C36H61N3O11/c1-9-27-19-28(20-36(6,7)8)39(21-27)31(45)16-11-10-13-17-37-30(44)15-12-14-18-46-35-32(38-23(2)40)34(49-26(5)43)33(48-25(4)42)29(50-35)22-47-24(3)41/h27-29,32-35H,9-22H2,1-8H3,(H,37,44)(H,38,40)/t27-,28+,29?,32?,33?,34?,35?/m1/s1. The second-order valence-electron chi connectivity index (χ2n) is 14.7. The molecule has 0 radical (unpaired) electrons. The van der Waals surface area contributed by atoms with E-state index < -0.39 is 54.5 Å². The van der Waals surface area contributed by atoms with Gasteiger partial charge in [-0.05, 0) is 49.9 Å². The monoisotopic (exact) mass is 711 g/mol. The molecule has 0 bridgehead atoms. The van der Waals surface area contributed by atoms with Crippen LogP contribution >= 0.6 is 0 Å². The van der Waals surface area contributed by atoms with Crippen LogP contribution in [-0.4, -0.2) is 104 Å². The number of carbonyl (C=O) groups excluding carboxylic acids is 6. The Labute approximate surface area is 297 Å². The average Bonchev–Trinajstić information content (AvgIpc) is 3.41. The van der Waals surface area contributed by atoms with E-state index in [1.165, 1.54) is 27.7 Å². The maximum absolute atomic E-state index is 13.0. The van der Waals surface area contributed by atoms with E-state index in [4.69, 9.17) is 23.7 Å². The van der Waals surface area contributed by atoms with Crippen LogP contribution in [0.4, 0.5) is 0 Å². The summed E-state index contributed by atoms with van der Waals surface area (Å²) >= 11 is 0. The molecular formula is C36H61N3O11. The first-order chi connectivity index (χ1) is 23.5. The minimum Gasteiger partial charge on any atom is -0.463 e. The maximum Gasteiger partial charge on any atom is 0.303 e. The van der Waals surface area contributed by atoms with Crippen LogP contribution in [-0.2, 0) is 52.5 Å². The number of rotatable bonds is 19. The Bertz CT molecular complexity index is 1140. The van der Waals surface area contributed by atoms with Crippen LogP contribution in [0, 0.1) is 11.3 Å². The van der Waals surface area contributed by atoms with Crippen molar-refractivity contribution in [3.8, 4) is 0 Å². The molecule has 2 rings (SSSR count). The summed E-state index contributed by atoms with van der Waals surface area (Å²) in [7, 11) is 0. The topological polar surface area (TPSA) is 176 Å². The Balaban J connectivity index is 1.78. The lowest BCUT2D eigenvalue weighted by atomic mass is 9.86. The predicted octanol–water partition coefficient (Wildman–Crippen LogP) is 3.57. The van der Waals surface area contributed by atoms with Crippen molar-refractivity contribution in [3.63, 3.8) is 0 Å². The summed E-state index contributed by atoms with van der Waals surface area (Å²) in [5, 5.41) is 5.59. The number of ether oxygens (including phenoxy) is 5. The highest BCUT2D eigenvalue weighted by molar-refractivity contribution is 5.77. The molecule has 2 fully saturated rings. The molecule has 0 aliphatic carbocycles. The predicted molar refractivity (Wildman–Crippen MR) is 183 cm³/mol. The molecular weight excluding hydrogens is 650 g/mol. The largest absolute Gasteiger partial charge is 0.463 e. The fourth-order valence-electron chi connectivity index (χ4n) is 6.57. The number of nitrogens with one attached hydrogen (secondary N) is 2. The molecule has 2 aliphatic heterocycles. The molecule has 50 heavy (non-hydrogen) atoms. The number of carbonyl (C=O) groups is 6. The van der Waals surface area contributed by atoms with Gasteiger partial charge in [-0.15, -0.1) is 0 Å². The number of unbranched alkanes of at least 4 members (excludes halogenated alkanes) is 3. The molecule has 2 saturated heterocycles. The highest BCUT2D eigenvalue weighted by atomic mass is 16.7. The first-order valence-electron chi connectivity index (χ1n) is 18.1. The summed E-state index contributed by atoms with van der Waals surface area (Å²) in [6.45, 7) is 14.9. The van der Waals surface area contributed by atoms with Gasteiger partial charge in [0, 0.05) is 66.3 Å². The molecule has 2 aliphatic rings. The Morgan fingerprint density at radius 1 is 0.840 bits per heavy atom. The lowest BCUT2D eigenvalue weighted by molar-refractivity contribution is -0.277. The molecule has 286 valence electrons. The molecule has 0 aromatic rings. The van der Waals surface area contributed by atoms with E-state index in [0.29, 0.717) is 37.8 Å². The lowest BCUT2D eigenvalue weighted by Crippen LogP contribution is -2.66. The van der Waals surface area contributed by atoms with E-state index in [2.05, 4.69) is 43.2 Å². The van der Waals surface area contributed by atoms with Gasteiger partial charge in [-0.1, -0.05) is 40.5 Å². The number of esters is 3. The summed E-state index contributed by atoms with van der Waals surface area (Å²) in [5.41, 5.74) is 0.183. The van der Waals surface area contributed by atoms with Crippen LogP contribution in [0.2, 0.25) is 0 Å². The molecule has 2 N–H and O–H groups in total. The molecule has 7 atom stereocenters. The summed E-state index contributed by atoms with van der Waals surface area (Å²) in [4.78, 5) is 75.0. The van der Waals surface area contributed by atoms with E-state index in [1.54, 1.807) is 0 Å². The van der Waals surface area contributed by atoms with Crippen molar-refractivity contribution in [2.75, 3.05) is 26.3 Å². The van der Waals surface area contributed by atoms with Crippen molar-refractivity contribution in [3.05, 3.63) is 0 Å². The van der Waals surface area contributed by atoms with E-state index in [1.807, 2.05) is 0 Å². The second-order valence-corrected chi connectivity index (χ2v) is 14.7. The SMILES string of the molecule is CC[C@@H]1C[C@@H](CC(C)(C)C)N(C(=O)CCCCCNC(=O)CCCCOC2OC(COC(C)=O)C(OC(C)=O)C(OC(C)=O)C2NC(C)=O)C1. The molecule has 14 heteroatoms. The quantitative estimate of drug-likeness (QED) is 0.114. The van der Waals surface area contributed by atoms with Gasteiger partial charge < -0.3 is 39.2 Å². The van der Waals surface area contributed by atoms with Crippen LogP contribution in [0.3, 0.4) is 0 Å². The van der Waals surface area contributed by atoms with Crippen LogP contribution in [0.25, 0.3) is 0 Å². The third-order valence-electron chi connectivity index (χ3n) is 8.79. The van der Waals surface area contributed by atoms with Gasteiger partial charge in [0.05, 0.1) is 0 Å². The molecule has 0 aromatic carbocycles. The van der Waals surface area contributed by atoms with Gasteiger partial charge in [0.1, 0.15) is 18.8 Å².